The van der Waals surface area contributed by atoms with E-state index >= 15 is 0 Å². The van der Waals surface area contributed by atoms with E-state index in [2.05, 4.69) is 12.1 Å². The maximum absolute atomic E-state index is 6.34. The summed E-state index contributed by atoms with van der Waals surface area (Å²) in [5, 5.41) is 2.82. The first kappa shape index (κ1) is 14.4. The van der Waals surface area contributed by atoms with E-state index in [9.17, 15) is 0 Å². The van der Waals surface area contributed by atoms with Gasteiger partial charge in [0.15, 0.2) is 0 Å². The lowest BCUT2D eigenvalue weighted by atomic mass is 9.99. The number of benzene rings is 1. The zero-order valence-electron chi connectivity index (χ0n) is 11.6. The molecule has 2 N–H and O–H groups in total. The van der Waals surface area contributed by atoms with Crippen LogP contribution in [-0.2, 0) is 0 Å². The predicted octanol–water partition coefficient (Wildman–Crippen LogP) is 4.38. The van der Waals surface area contributed by atoms with Gasteiger partial charge >= 0.3 is 0 Å². The van der Waals surface area contributed by atoms with Crippen molar-refractivity contribution in [1.29, 1.82) is 0 Å². The Balaban J connectivity index is 2.45. The highest BCUT2D eigenvalue weighted by Gasteiger charge is 2.18. The number of hydrogen-bond donors (Lipinski definition) is 1. The van der Waals surface area contributed by atoms with Crippen molar-refractivity contribution >= 4 is 22.9 Å². The number of rotatable bonds is 3. The van der Waals surface area contributed by atoms with Gasteiger partial charge in [0, 0.05) is 4.88 Å². The van der Waals surface area contributed by atoms with Crippen LogP contribution in [0.1, 0.15) is 33.2 Å². The van der Waals surface area contributed by atoms with E-state index in [1.807, 2.05) is 26.2 Å². The smallest absolute Gasteiger partial charge is 0.124 e. The van der Waals surface area contributed by atoms with E-state index in [4.69, 9.17) is 22.1 Å². The third-order valence-electron chi connectivity index (χ3n) is 3.25. The number of aryl methyl sites for hydroxylation is 3. The molecule has 1 aromatic heterocycles. The summed E-state index contributed by atoms with van der Waals surface area (Å²) in [6, 6.07) is 3.96. The summed E-state index contributed by atoms with van der Waals surface area (Å²) >= 11 is 7.91. The zero-order chi connectivity index (χ0) is 14.2. The van der Waals surface area contributed by atoms with Crippen LogP contribution in [0.3, 0.4) is 0 Å². The third kappa shape index (κ3) is 2.64. The van der Waals surface area contributed by atoms with Crippen molar-refractivity contribution in [3.05, 3.63) is 49.7 Å². The molecule has 2 nitrogen and oxygen atoms in total. The van der Waals surface area contributed by atoms with E-state index in [0.29, 0.717) is 0 Å². The molecule has 0 aliphatic heterocycles. The van der Waals surface area contributed by atoms with Gasteiger partial charge in [-0.25, -0.2) is 0 Å². The highest BCUT2D eigenvalue weighted by molar-refractivity contribution is 7.10. The Morgan fingerprint density at radius 1 is 1.16 bits per heavy atom. The van der Waals surface area contributed by atoms with Crippen molar-refractivity contribution in [2.75, 3.05) is 7.11 Å². The predicted molar refractivity (Wildman–Crippen MR) is 82.6 cm³/mol. The molecule has 0 spiro atoms. The molecule has 2 aromatic rings. The van der Waals surface area contributed by atoms with Gasteiger partial charge in [-0.1, -0.05) is 23.7 Å². The molecule has 2 rings (SSSR count). The summed E-state index contributed by atoms with van der Waals surface area (Å²) in [6.07, 6.45) is 0. The fraction of sp³-hybridized carbons (Fsp3) is 0.333. The number of hydrogen-bond acceptors (Lipinski definition) is 3. The number of ether oxygens (including phenoxy) is 1. The van der Waals surface area contributed by atoms with Gasteiger partial charge in [0.05, 0.1) is 18.2 Å². The van der Waals surface area contributed by atoms with Crippen LogP contribution >= 0.6 is 22.9 Å². The molecule has 0 aliphatic carbocycles. The first-order chi connectivity index (χ1) is 8.95. The van der Waals surface area contributed by atoms with Crippen LogP contribution in [0.15, 0.2) is 17.5 Å². The SMILES string of the molecule is COc1c(C)cc(C(N)c2scc(C)c2Cl)cc1C. The molecule has 0 saturated carbocycles. The van der Waals surface area contributed by atoms with Crippen LogP contribution in [0.2, 0.25) is 5.02 Å². The van der Waals surface area contributed by atoms with Gasteiger partial charge in [-0.2, -0.15) is 0 Å². The first-order valence-corrected chi connectivity index (χ1v) is 7.35. The van der Waals surface area contributed by atoms with Gasteiger partial charge in [-0.3, -0.25) is 0 Å². The maximum atomic E-state index is 6.34. The first-order valence-electron chi connectivity index (χ1n) is 6.10. The molecule has 1 unspecified atom stereocenters. The average Bonchev–Trinajstić information content (AvgIpc) is 2.69. The molecule has 0 radical (unpaired) electrons. The molecule has 19 heavy (non-hydrogen) atoms. The lowest BCUT2D eigenvalue weighted by Gasteiger charge is -2.16. The summed E-state index contributed by atoms with van der Waals surface area (Å²) in [5.74, 6) is 0.921. The normalized spacial score (nSPS) is 12.5. The largest absolute Gasteiger partial charge is 0.496 e. The van der Waals surface area contributed by atoms with Crippen LogP contribution < -0.4 is 10.5 Å². The second-order valence-electron chi connectivity index (χ2n) is 4.76. The van der Waals surface area contributed by atoms with Crippen molar-refractivity contribution in [3.8, 4) is 5.75 Å². The fourth-order valence-electron chi connectivity index (χ4n) is 2.30. The van der Waals surface area contributed by atoms with Crippen LogP contribution in [0.25, 0.3) is 0 Å². The summed E-state index contributed by atoms with van der Waals surface area (Å²) in [4.78, 5) is 1.02. The second-order valence-corrected chi connectivity index (χ2v) is 6.05. The summed E-state index contributed by atoms with van der Waals surface area (Å²) in [7, 11) is 1.69. The van der Waals surface area contributed by atoms with E-state index in [0.717, 1.165) is 37.9 Å². The van der Waals surface area contributed by atoms with Gasteiger partial charge in [0.1, 0.15) is 5.75 Å². The highest BCUT2D eigenvalue weighted by atomic mass is 35.5. The fourth-order valence-corrected chi connectivity index (χ4v) is 3.64. The summed E-state index contributed by atoms with van der Waals surface area (Å²) < 4.78 is 5.38. The Labute approximate surface area is 123 Å². The molecule has 0 aliphatic rings. The van der Waals surface area contributed by atoms with Gasteiger partial charge in [0.25, 0.3) is 0 Å². The highest BCUT2D eigenvalue weighted by Crippen LogP contribution is 2.36. The standard InChI is InChI=1S/C15H18ClNOS/c1-8-5-11(6-9(2)14(8)18-4)13(17)15-12(16)10(3)7-19-15/h5-7,13H,17H2,1-4H3. The topological polar surface area (TPSA) is 35.2 Å². The van der Waals surface area contributed by atoms with Crippen LogP contribution in [0.5, 0.6) is 5.75 Å². The van der Waals surface area contributed by atoms with Crippen molar-refractivity contribution in [2.45, 2.75) is 26.8 Å². The molecule has 102 valence electrons. The Kier molecular flexibility index (Phi) is 4.19. The molecule has 0 amide bonds. The monoisotopic (exact) mass is 295 g/mol. The molecule has 0 saturated heterocycles. The van der Waals surface area contributed by atoms with Gasteiger partial charge in [0.2, 0.25) is 0 Å². The quantitative estimate of drug-likeness (QED) is 0.912. The Hall–Kier alpha value is -1.03. The minimum atomic E-state index is -0.186. The molecule has 4 heteroatoms. The number of methoxy groups -OCH3 is 1. The van der Waals surface area contributed by atoms with E-state index < -0.39 is 0 Å². The molecule has 1 atom stereocenters. The number of nitrogens with two attached hydrogens (primary N) is 1. The molecular weight excluding hydrogens is 278 g/mol. The average molecular weight is 296 g/mol. The van der Waals surface area contributed by atoms with Crippen molar-refractivity contribution < 1.29 is 4.74 Å². The van der Waals surface area contributed by atoms with E-state index in [-0.39, 0.29) is 6.04 Å². The molecule has 1 heterocycles. The molecule has 1 aromatic carbocycles. The van der Waals surface area contributed by atoms with Crippen molar-refractivity contribution in [1.82, 2.24) is 0 Å². The van der Waals surface area contributed by atoms with Crippen molar-refractivity contribution in [2.24, 2.45) is 5.73 Å². The lowest BCUT2D eigenvalue weighted by Crippen LogP contribution is -2.11. The third-order valence-corrected chi connectivity index (χ3v) is 5.05. The number of halogens is 1. The minimum absolute atomic E-state index is 0.186. The van der Waals surface area contributed by atoms with Gasteiger partial charge in [-0.15, -0.1) is 11.3 Å². The second kappa shape index (κ2) is 5.53. The Morgan fingerprint density at radius 2 is 1.74 bits per heavy atom. The maximum Gasteiger partial charge on any atom is 0.124 e. The van der Waals surface area contributed by atoms with Crippen LogP contribution in [0, 0.1) is 20.8 Å². The van der Waals surface area contributed by atoms with Crippen molar-refractivity contribution in [3.63, 3.8) is 0 Å². The van der Waals surface area contributed by atoms with Gasteiger partial charge in [-0.05, 0) is 48.4 Å². The lowest BCUT2D eigenvalue weighted by molar-refractivity contribution is 0.408. The summed E-state index contributed by atoms with van der Waals surface area (Å²) in [6.45, 7) is 6.06. The van der Waals surface area contributed by atoms with Crippen LogP contribution in [0.4, 0.5) is 0 Å². The summed E-state index contributed by atoms with van der Waals surface area (Å²) in [5.41, 5.74) is 10.7. The van der Waals surface area contributed by atoms with E-state index in [1.54, 1.807) is 18.4 Å². The Bertz CT molecular complexity index is 583. The van der Waals surface area contributed by atoms with E-state index in [1.165, 1.54) is 0 Å². The molecule has 0 bridgehead atoms. The minimum Gasteiger partial charge on any atom is -0.496 e. The van der Waals surface area contributed by atoms with Crippen LogP contribution in [-0.4, -0.2) is 7.11 Å². The molecular formula is C15H18ClNOS. The van der Waals surface area contributed by atoms with Gasteiger partial charge < -0.3 is 10.5 Å². The Morgan fingerprint density at radius 3 is 2.16 bits per heavy atom. The number of thiophene rings is 1. The zero-order valence-corrected chi connectivity index (χ0v) is 13.2. The molecule has 0 fully saturated rings.